The van der Waals surface area contributed by atoms with Crippen LogP contribution >= 0.6 is 11.8 Å². The smallest absolute Gasteiger partial charge is 0.227 e. The quantitative estimate of drug-likeness (QED) is 0.125. The summed E-state index contributed by atoms with van der Waals surface area (Å²) in [4.78, 5) is 17.3. The zero-order chi connectivity index (χ0) is 35.4. The molecule has 2 N–H and O–H groups in total. The highest BCUT2D eigenvalue weighted by Crippen LogP contribution is 2.36. The Balaban J connectivity index is 1.24. The molecule has 0 saturated carbocycles. The monoisotopic (exact) mass is 725 g/mol. The Morgan fingerprint density at radius 2 is 1.68 bits per heavy atom. The van der Waals surface area contributed by atoms with E-state index in [2.05, 4.69) is 41.0 Å². The molecule has 9 nitrogen and oxygen atoms in total. The third-order valence-electron chi connectivity index (χ3n) is 8.10. The van der Waals surface area contributed by atoms with Crippen LogP contribution in [0.2, 0.25) is 0 Å². The van der Waals surface area contributed by atoms with Crippen molar-refractivity contribution in [3.63, 3.8) is 0 Å². The summed E-state index contributed by atoms with van der Waals surface area (Å²) in [6.45, 7) is 8.05. The number of halogens is 4. The van der Waals surface area contributed by atoms with Crippen molar-refractivity contribution in [1.82, 2.24) is 19.9 Å². The van der Waals surface area contributed by atoms with Crippen LogP contribution in [0.4, 0.5) is 40.6 Å². The molecule has 0 spiro atoms. The van der Waals surface area contributed by atoms with Crippen molar-refractivity contribution in [2.24, 2.45) is 0 Å². The molecule has 3 aromatic carbocycles. The fourth-order valence-corrected chi connectivity index (χ4v) is 6.85. The fraction of sp³-hybridized carbons (Fsp3) is 0.286. The molecule has 2 aromatic heterocycles. The number of nitrogens with one attached hydrogen (secondary N) is 2. The largest absolute Gasteiger partial charge is 0.438 e. The minimum absolute atomic E-state index is 0.128. The van der Waals surface area contributed by atoms with Crippen LogP contribution in [0.15, 0.2) is 76.2 Å². The number of anilines is 4. The summed E-state index contributed by atoms with van der Waals surface area (Å²) in [6, 6.07) is 13.5. The molecule has 0 bridgehead atoms. The summed E-state index contributed by atoms with van der Waals surface area (Å²) in [5.41, 5.74) is 1.73. The lowest BCUT2D eigenvalue weighted by atomic mass is 10.1. The lowest BCUT2D eigenvalue weighted by Crippen LogP contribution is -2.47. The van der Waals surface area contributed by atoms with Gasteiger partial charge < -0.3 is 14.6 Å². The number of hydrogen-bond donors (Lipinski definition) is 2. The Labute approximate surface area is 294 Å². The number of benzene rings is 3. The number of oxazole rings is 1. The van der Waals surface area contributed by atoms with Gasteiger partial charge in [-0.05, 0) is 60.9 Å². The van der Waals surface area contributed by atoms with Crippen LogP contribution in [0, 0.1) is 23.3 Å². The Morgan fingerprint density at radius 1 is 0.920 bits per heavy atom. The van der Waals surface area contributed by atoms with Crippen LogP contribution in [-0.4, -0.2) is 68.8 Å². The molecule has 1 fully saturated rings. The average Bonchev–Trinajstić information content (AvgIpc) is 3.55. The zero-order valence-corrected chi connectivity index (χ0v) is 29.2. The van der Waals surface area contributed by atoms with Crippen LogP contribution < -0.4 is 14.9 Å². The number of rotatable bonds is 12. The topological polar surface area (TPSA) is 99.4 Å². The molecule has 15 heteroatoms. The maximum atomic E-state index is 15.3. The Kier molecular flexibility index (Phi) is 11.0. The van der Waals surface area contributed by atoms with E-state index in [1.807, 2.05) is 25.6 Å². The van der Waals surface area contributed by atoms with Gasteiger partial charge in [0.15, 0.2) is 22.6 Å². The summed E-state index contributed by atoms with van der Waals surface area (Å²) in [5, 5.41) is 3.06. The first-order valence-corrected chi connectivity index (χ1v) is 18.4. The minimum atomic E-state index is -2.45. The van der Waals surface area contributed by atoms with Gasteiger partial charge in [0, 0.05) is 61.8 Å². The highest BCUT2D eigenvalue weighted by Gasteiger charge is 2.24. The fourth-order valence-electron chi connectivity index (χ4n) is 5.46. The van der Waals surface area contributed by atoms with E-state index in [-0.39, 0.29) is 29.1 Å². The summed E-state index contributed by atoms with van der Waals surface area (Å²) < 4.78 is 80.1. The maximum Gasteiger partial charge on any atom is 0.227 e. The number of nitrogens with zero attached hydrogens (tertiary/aromatic N) is 5. The Hall–Kier alpha value is -4.47. The average molecular weight is 726 g/mol. The molecule has 1 atom stereocenters. The number of hydrogen-bond acceptors (Lipinski definition) is 9. The number of thioether (sulfide) groups is 1. The first kappa shape index (κ1) is 35.4. The van der Waals surface area contributed by atoms with E-state index >= 15 is 4.39 Å². The van der Waals surface area contributed by atoms with Crippen molar-refractivity contribution < 1.29 is 26.2 Å². The summed E-state index contributed by atoms with van der Waals surface area (Å²) in [5.74, 6) is -1.48. The number of piperazine rings is 1. The van der Waals surface area contributed by atoms with Gasteiger partial charge in [-0.25, -0.2) is 36.7 Å². The first-order valence-electron chi connectivity index (χ1n) is 15.9. The van der Waals surface area contributed by atoms with E-state index in [9.17, 15) is 17.4 Å². The molecule has 6 rings (SSSR count). The SMILES string of the molecule is CSCCN1CCN(c2ccc(Nc3nccc(-c4oc(C(C)C)nc4-c4ccc(F)c(NS(=O)c5c(F)cccc5F)c4)n3)cc2F)CC1. The van der Waals surface area contributed by atoms with Crippen molar-refractivity contribution in [3.8, 4) is 22.7 Å². The van der Waals surface area contributed by atoms with Crippen molar-refractivity contribution in [2.45, 2.75) is 24.7 Å². The predicted molar refractivity (Wildman–Crippen MR) is 190 cm³/mol. The van der Waals surface area contributed by atoms with Crippen LogP contribution in [0.25, 0.3) is 22.7 Å². The maximum absolute atomic E-state index is 15.3. The second kappa shape index (κ2) is 15.6. The molecule has 1 aliphatic heterocycles. The van der Waals surface area contributed by atoms with Crippen LogP contribution in [0.3, 0.4) is 0 Å². The third kappa shape index (κ3) is 7.95. The molecular weight excluding hydrogens is 691 g/mol. The lowest BCUT2D eigenvalue weighted by Gasteiger charge is -2.36. The molecular formula is C35H35F4N7O2S2. The van der Waals surface area contributed by atoms with Gasteiger partial charge in [0.25, 0.3) is 0 Å². The molecule has 0 radical (unpaired) electrons. The van der Waals surface area contributed by atoms with Crippen molar-refractivity contribution in [1.29, 1.82) is 0 Å². The first-order chi connectivity index (χ1) is 24.1. The zero-order valence-electron chi connectivity index (χ0n) is 27.6. The minimum Gasteiger partial charge on any atom is -0.438 e. The Bertz CT molecular complexity index is 1980. The molecule has 1 aliphatic rings. The van der Waals surface area contributed by atoms with E-state index in [1.54, 1.807) is 18.2 Å². The molecule has 1 unspecified atom stereocenters. The summed E-state index contributed by atoms with van der Waals surface area (Å²) in [6.07, 6.45) is 3.60. The van der Waals surface area contributed by atoms with E-state index in [1.165, 1.54) is 24.4 Å². The van der Waals surface area contributed by atoms with Crippen LogP contribution in [-0.2, 0) is 11.0 Å². The van der Waals surface area contributed by atoms with E-state index in [4.69, 9.17) is 4.42 Å². The van der Waals surface area contributed by atoms with Crippen molar-refractivity contribution in [3.05, 3.63) is 96.0 Å². The third-order valence-corrected chi connectivity index (χ3v) is 9.86. The lowest BCUT2D eigenvalue weighted by molar-refractivity contribution is 0.272. The van der Waals surface area contributed by atoms with Gasteiger partial charge in [0.1, 0.15) is 39.6 Å². The second-order valence-corrected chi connectivity index (χ2v) is 14.0. The summed E-state index contributed by atoms with van der Waals surface area (Å²) in [7, 11) is -2.45. The molecule has 50 heavy (non-hydrogen) atoms. The van der Waals surface area contributed by atoms with Crippen LogP contribution in [0.1, 0.15) is 25.7 Å². The molecule has 3 heterocycles. The van der Waals surface area contributed by atoms with Crippen molar-refractivity contribution >= 4 is 45.8 Å². The highest BCUT2D eigenvalue weighted by atomic mass is 32.2. The molecule has 5 aromatic rings. The van der Waals surface area contributed by atoms with Gasteiger partial charge in [-0.2, -0.15) is 11.8 Å². The van der Waals surface area contributed by atoms with E-state index in [0.717, 1.165) is 62.7 Å². The van der Waals surface area contributed by atoms with Crippen molar-refractivity contribution in [2.75, 3.05) is 59.7 Å². The van der Waals surface area contributed by atoms with Crippen LogP contribution in [0.5, 0.6) is 0 Å². The van der Waals surface area contributed by atoms with Gasteiger partial charge in [-0.15, -0.1) is 0 Å². The molecule has 1 saturated heterocycles. The normalized spacial score (nSPS) is 14.3. The molecule has 262 valence electrons. The molecule has 0 amide bonds. The van der Waals surface area contributed by atoms with E-state index in [0.29, 0.717) is 34.2 Å². The highest BCUT2D eigenvalue weighted by molar-refractivity contribution is 7.98. The second-order valence-electron chi connectivity index (χ2n) is 11.9. The van der Waals surface area contributed by atoms with Gasteiger partial charge in [-0.1, -0.05) is 19.9 Å². The van der Waals surface area contributed by atoms with Gasteiger partial charge in [-0.3, -0.25) is 9.62 Å². The van der Waals surface area contributed by atoms with Gasteiger partial charge >= 0.3 is 0 Å². The summed E-state index contributed by atoms with van der Waals surface area (Å²) >= 11 is 1.82. The Morgan fingerprint density at radius 3 is 2.38 bits per heavy atom. The predicted octanol–water partition coefficient (Wildman–Crippen LogP) is 7.84. The standard InChI is InChI=1S/C35H35F4N7O2S2/c1-21(2)34-43-31(22-7-9-24(36)29(19-22)44-50(47)33-25(37)5-4-6-26(33)38)32(48-34)28-11-12-40-35(42-28)41-23-8-10-30(27(39)20-23)46-15-13-45(14-16-46)17-18-49-3/h4-12,19-21,44H,13-18H2,1-3H3,(H,40,41,42). The molecule has 0 aliphatic carbocycles. The van der Waals surface area contributed by atoms with Gasteiger partial charge in [0.2, 0.25) is 5.95 Å². The number of aromatic nitrogens is 3. The van der Waals surface area contributed by atoms with Gasteiger partial charge in [0.05, 0.1) is 11.4 Å². The van der Waals surface area contributed by atoms with E-state index < -0.39 is 33.3 Å².